The zero-order valence-corrected chi connectivity index (χ0v) is 13.4. The van der Waals surface area contributed by atoms with Crippen LogP contribution in [0.15, 0.2) is 54.6 Å². The highest BCUT2D eigenvalue weighted by atomic mass is 16.2. The van der Waals surface area contributed by atoms with Gasteiger partial charge < -0.3 is 16.4 Å². The molecular formula is C19H21N3O2. The van der Waals surface area contributed by atoms with Gasteiger partial charge in [0.1, 0.15) is 0 Å². The van der Waals surface area contributed by atoms with Crippen LogP contribution >= 0.6 is 0 Å². The first kappa shape index (κ1) is 16.1. The van der Waals surface area contributed by atoms with E-state index in [1.807, 2.05) is 30.3 Å². The summed E-state index contributed by atoms with van der Waals surface area (Å²) in [5.74, 6) is -0.0760. The molecule has 24 heavy (non-hydrogen) atoms. The molecule has 0 unspecified atom stereocenters. The maximum Gasteiger partial charge on any atom is 0.312 e. The molecule has 3 amide bonds. The van der Waals surface area contributed by atoms with Crippen molar-refractivity contribution in [2.45, 2.75) is 31.3 Å². The van der Waals surface area contributed by atoms with E-state index in [1.54, 1.807) is 12.1 Å². The third-order valence-electron chi connectivity index (χ3n) is 4.57. The van der Waals surface area contributed by atoms with Crippen molar-refractivity contribution in [1.82, 2.24) is 10.6 Å². The molecule has 0 spiro atoms. The van der Waals surface area contributed by atoms with Crippen LogP contribution in [0.3, 0.4) is 0 Å². The molecule has 1 aliphatic carbocycles. The lowest BCUT2D eigenvalue weighted by molar-refractivity contribution is 0.0823. The first-order valence-corrected chi connectivity index (χ1v) is 8.09. The Bertz CT molecular complexity index is 722. The van der Waals surface area contributed by atoms with Crippen molar-refractivity contribution in [3.8, 4) is 0 Å². The van der Waals surface area contributed by atoms with Gasteiger partial charge in [-0.25, -0.2) is 4.79 Å². The molecule has 0 bridgehead atoms. The Hall–Kier alpha value is -2.82. The largest absolute Gasteiger partial charge is 0.352 e. The normalized spacial score (nSPS) is 15.2. The Balaban J connectivity index is 1.69. The lowest BCUT2D eigenvalue weighted by Gasteiger charge is -2.43. The van der Waals surface area contributed by atoms with Crippen LogP contribution in [0.2, 0.25) is 0 Å². The zero-order valence-electron chi connectivity index (χ0n) is 13.4. The number of hydrogen-bond acceptors (Lipinski definition) is 2. The molecule has 1 fully saturated rings. The van der Waals surface area contributed by atoms with Crippen LogP contribution in [0, 0.1) is 0 Å². The van der Waals surface area contributed by atoms with E-state index in [0.717, 1.165) is 30.4 Å². The lowest BCUT2D eigenvalue weighted by atomic mass is 9.71. The minimum absolute atomic E-state index is 0.0760. The van der Waals surface area contributed by atoms with Crippen LogP contribution in [0.25, 0.3) is 0 Å². The van der Waals surface area contributed by atoms with Crippen LogP contribution in [-0.2, 0) is 12.1 Å². The molecule has 0 aliphatic heterocycles. The number of carbonyl (C=O) groups excluding carboxylic acids is 2. The fourth-order valence-electron chi connectivity index (χ4n) is 3.03. The monoisotopic (exact) mass is 323 g/mol. The van der Waals surface area contributed by atoms with E-state index in [1.165, 1.54) is 0 Å². The molecule has 1 aliphatic rings. The molecule has 0 heterocycles. The number of nitrogens with one attached hydrogen (secondary N) is 2. The number of rotatable bonds is 5. The Morgan fingerprint density at radius 2 is 1.67 bits per heavy atom. The Morgan fingerprint density at radius 1 is 1.00 bits per heavy atom. The van der Waals surface area contributed by atoms with Gasteiger partial charge >= 0.3 is 6.03 Å². The second-order valence-electron chi connectivity index (χ2n) is 6.17. The third-order valence-corrected chi connectivity index (χ3v) is 4.57. The summed E-state index contributed by atoms with van der Waals surface area (Å²) in [6.45, 7) is 0.352. The van der Waals surface area contributed by atoms with Gasteiger partial charge in [0, 0.05) is 12.1 Å². The molecule has 5 heteroatoms. The first-order valence-electron chi connectivity index (χ1n) is 8.09. The third kappa shape index (κ3) is 3.40. The van der Waals surface area contributed by atoms with Crippen LogP contribution < -0.4 is 16.4 Å². The van der Waals surface area contributed by atoms with Crippen molar-refractivity contribution in [2.75, 3.05) is 0 Å². The second-order valence-corrected chi connectivity index (χ2v) is 6.17. The summed E-state index contributed by atoms with van der Waals surface area (Å²) in [5, 5.41) is 5.73. The topological polar surface area (TPSA) is 84.2 Å². The Morgan fingerprint density at radius 3 is 2.21 bits per heavy atom. The molecule has 2 aromatic rings. The van der Waals surface area contributed by atoms with Gasteiger partial charge in [-0.1, -0.05) is 42.5 Å². The van der Waals surface area contributed by atoms with E-state index >= 15 is 0 Å². The summed E-state index contributed by atoms with van der Waals surface area (Å²) in [7, 11) is 0. The average Bonchev–Trinajstić information content (AvgIpc) is 2.57. The van der Waals surface area contributed by atoms with Crippen LogP contribution in [0.1, 0.15) is 40.7 Å². The first-order chi connectivity index (χ1) is 11.6. The maximum absolute atomic E-state index is 12.6. The van der Waals surface area contributed by atoms with Crippen molar-refractivity contribution in [2.24, 2.45) is 5.73 Å². The summed E-state index contributed by atoms with van der Waals surface area (Å²) in [4.78, 5) is 23.3. The fourth-order valence-corrected chi connectivity index (χ4v) is 3.03. The number of carbonyl (C=O) groups is 2. The highest BCUT2D eigenvalue weighted by molar-refractivity contribution is 5.94. The van der Waals surface area contributed by atoms with Gasteiger partial charge in [0.15, 0.2) is 0 Å². The van der Waals surface area contributed by atoms with E-state index in [-0.39, 0.29) is 11.4 Å². The minimum atomic E-state index is -0.563. The number of primary amides is 1. The van der Waals surface area contributed by atoms with Gasteiger partial charge in [-0.05, 0) is 42.5 Å². The average molecular weight is 323 g/mol. The summed E-state index contributed by atoms with van der Waals surface area (Å²) in [5.41, 5.74) is 7.47. The van der Waals surface area contributed by atoms with Crippen molar-refractivity contribution < 1.29 is 9.59 Å². The smallest absolute Gasteiger partial charge is 0.312 e. The fraction of sp³-hybridized carbons (Fsp3) is 0.263. The number of nitrogens with two attached hydrogens (primary N) is 1. The van der Waals surface area contributed by atoms with Gasteiger partial charge in [-0.2, -0.15) is 0 Å². The number of benzene rings is 2. The van der Waals surface area contributed by atoms with Crippen molar-refractivity contribution in [3.05, 3.63) is 71.3 Å². The quantitative estimate of drug-likeness (QED) is 0.790. The van der Waals surface area contributed by atoms with Gasteiger partial charge in [-0.3, -0.25) is 4.79 Å². The Kier molecular flexibility index (Phi) is 4.51. The number of amides is 3. The van der Waals surface area contributed by atoms with E-state index in [2.05, 4.69) is 22.8 Å². The molecule has 1 saturated carbocycles. The van der Waals surface area contributed by atoms with Crippen LogP contribution in [0.5, 0.6) is 0 Å². The standard InChI is InChI=1S/C19H21N3O2/c20-18(24)21-13-14-7-9-15(10-8-14)17(23)22-19(11-4-12-19)16-5-2-1-3-6-16/h1-3,5-10H,4,11-13H2,(H,22,23)(H3,20,21,24). The zero-order chi connectivity index (χ0) is 17.0. The van der Waals surface area contributed by atoms with Gasteiger partial charge in [-0.15, -0.1) is 0 Å². The van der Waals surface area contributed by atoms with Crippen LogP contribution in [0.4, 0.5) is 4.79 Å². The predicted octanol–water partition coefficient (Wildman–Crippen LogP) is 2.66. The Labute approximate surface area is 141 Å². The highest BCUT2D eigenvalue weighted by Gasteiger charge is 2.39. The SMILES string of the molecule is NC(=O)NCc1ccc(C(=O)NC2(c3ccccc3)CCC2)cc1. The predicted molar refractivity (Wildman–Crippen MR) is 92.3 cm³/mol. The molecule has 0 aromatic heterocycles. The molecular weight excluding hydrogens is 302 g/mol. The molecule has 0 saturated heterocycles. The molecule has 0 atom stereocenters. The number of urea groups is 1. The maximum atomic E-state index is 12.6. The molecule has 2 aromatic carbocycles. The van der Waals surface area contributed by atoms with Crippen molar-refractivity contribution in [1.29, 1.82) is 0 Å². The molecule has 124 valence electrons. The number of hydrogen-bond donors (Lipinski definition) is 3. The van der Waals surface area contributed by atoms with Gasteiger partial charge in [0.05, 0.1) is 5.54 Å². The molecule has 0 radical (unpaired) electrons. The molecule has 4 N–H and O–H groups in total. The van der Waals surface area contributed by atoms with Crippen molar-refractivity contribution in [3.63, 3.8) is 0 Å². The van der Waals surface area contributed by atoms with Gasteiger partial charge in [0.2, 0.25) is 0 Å². The molecule has 5 nitrogen and oxygen atoms in total. The van der Waals surface area contributed by atoms with Crippen molar-refractivity contribution >= 4 is 11.9 Å². The second kappa shape index (κ2) is 6.74. The molecule has 3 rings (SSSR count). The van der Waals surface area contributed by atoms with Gasteiger partial charge in [0.25, 0.3) is 5.91 Å². The summed E-state index contributed by atoms with van der Waals surface area (Å²) in [6.07, 6.45) is 3.04. The summed E-state index contributed by atoms with van der Waals surface area (Å²) in [6, 6.07) is 16.7. The van der Waals surface area contributed by atoms with E-state index in [9.17, 15) is 9.59 Å². The highest BCUT2D eigenvalue weighted by Crippen LogP contribution is 2.41. The van der Waals surface area contributed by atoms with E-state index in [0.29, 0.717) is 12.1 Å². The van der Waals surface area contributed by atoms with E-state index in [4.69, 9.17) is 5.73 Å². The summed E-state index contributed by atoms with van der Waals surface area (Å²) >= 11 is 0. The lowest BCUT2D eigenvalue weighted by Crippen LogP contribution is -2.50. The van der Waals surface area contributed by atoms with Crippen LogP contribution in [-0.4, -0.2) is 11.9 Å². The minimum Gasteiger partial charge on any atom is -0.352 e. The summed E-state index contributed by atoms with van der Waals surface area (Å²) < 4.78 is 0. The van der Waals surface area contributed by atoms with E-state index < -0.39 is 6.03 Å².